The van der Waals surface area contributed by atoms with E-state index in [4.69, 9.17) is 32.5 Å². The third kappa shape index (κ3) is 18.9. The van der Waals surface area contributed by atoms with E-state index in [9.17, 15) is 4.57 Å². The van der Waals surface area contributed by atoms with Gasteiger partial charge in [0.05, 0.1) is 46.8 Å². The molecule has 0 saturated carbocycles. The molecule has 1 aromatic rings. The van der Waals surface area contributed by atoms with Crippen molar-refractivity contribution in [2.75, 3.05) is 28.4 Å². The Morgan fingerprint density at radius 1 is 0.554 bits per heavy atom. The summed E-state index contributed by atoms with van der Waals surface area (Å²) in [5, 5.41) is 0. The van der Waals surface area contributed by atoms with Crippen molar-refractivity contribution in [3.05, 3.63) is 81.5 Å². The fourth-order valence-corrected chi connectivity index (χ4v) is 8.14. The van der Waals surface area contributed by atoms with Gasteiger partial charge in [-0.2, -0.15) is 0 Å². The van der Waals surface area contributed by atoms with E-state index < -0.39 is 13.9 Å². The maximum Gasteiger partial charge on any atom is 0.475 e. The highest BCUT2D eigenvalue weighted by Crippen LogP contribution is 2.54. The van der Waals surface area contributed by atoms with Crippen molar-refractivity contribution in [1.82, 2.24) is 0 Å². The molecule has 8 nitrogen and oxygen atoms in total. The highest BCUT2D eigenvalue weighted by molar-refractivity contribution is 7.48. The first-order valence-electron chi connectivity index (χ1n) is 20.4. The average molecular weight is 801 g/mol. The van der Waals surface area contributed by atoms with Crippen LogP contribution in [0.3, 0.4) is 0 Å². The SMILES string of the molecule is C=C(C)C(CC/C(C)=C/CC/C(C)=C/CC/C(C)=C/CC/C(C)=C/CC/C(C)=C/Cc1c(C)c(OC)c(OC)c(OC)c1OC)OP(=O)(OC(C)C)OC(C)C. The van der Waals surface area contributed by atoms with Crippen LogP contribution >= 0.6 is 7.82 Å². The number of methoxy groups -OCH3 is 4. The van der Waals surface area contributed by atoms with E-state index >= 15 is 0 Å². The largest absolute Gasteiger partial charge is 0.492 e. The minimum absolute atomic E-state index is 0.277. The predicted molar refractivity (Wildman–Crippen MR) is 236 cm³/mol. The summed E-state index contributed by atoms with van der Waals surface area (Å²) < 4.78 is 53.0. The molecule has 0 aliphatic heterocycles. The van der Waals surface area contributed by atoms with Gasteiger partial charge in [0, 0.05) is 11.1 Å². The molecule has 0 fully saturated rings. The Bertz CT molecular complexity index is 1560. The quantitative estimate of drug-likeness (QED) is 0.0612. The molecule has 0 bridgehead atoms. The zero-order valence-electron chi connectivity index (χ0n) is 37.8. The first-order chi connectivity index (χ1) is 26.4. The van der Waals surface area contributed by atoms with E-state index in [0.717, 1.165) is 80.9 Å². The summed E-state index contributed by atoms with van der Waals surface area (Å²) >= 11 is 0. The van der Waals surface area contributed by atoms with Gasteiger partial charge in [-0.05, 0) is 147 Å². The number of rotatable bonds is 28. The molecule has 1 rings (SSSR count). The Balaban J connectivity index is 2.55. The first kappa shape index (κ1) is 51.0. The van der Waals surface area contributed by atoms with Gasteiger partial charge in [-0.1, -0.05) is 70.4 Å². The molecule has 1 unspecified atom stereocenters. The van der Waals surface area contributed by atoms with Crippen molar-refractivity contribution < 1.29 is 37.1 Å². The molecule has 0 heterocycles. The number of hydrogen-bond acceptors (Lipinski definition) is 8. The van der Waals surface area contributed by atoms with Gasteiger partial charge in [0.25, 0.3) is 0 Å². The number of phosphoric acid groups is 1. The van der Waals surface area contributed by atoms with Crippen LogP contribution in [0.25, 0.3) is 0 Å². The first-order valence-corrected chi connectivity index (χ1v) is 21.8. The summed E-state index contributed by atoms with van der Waals surface area (Å²) in [6.45, 7) is 26.3. The molecule has 9 heteroatoms. The number of benzene rings is 1. The van der Waals surface area contributed by atoms with Crippen LogP contribution in [0.4, 0.5) is 0 Å². The average Bonchev–Trinajstić information content (AvgIpc) is 3.11. The van der Waals surface area contributed by atoms with Gasteiger partial charge >= 0.3 is 7.82 Å². The second-order valence-corrected chi connectivity index (χ2v) is 17.1. The molecule has 0 amide bonds. The standard InChI is InChI=1S/C47H77O8P/c1-33(2)43(55-56(48,53-34(3)4)54-35(5)6)32-30-40(11)28-20-26-38(9)24-18-22-36(7)21-17-23-37(8)25-19-27-39(10)29-31-42-41(12)44(49-13)46(51-15)47(52-16)45(42)50-14/h21,24-25,28-29,34-35,43H,1,17-20,22-23,26-27,30-32H2,2-16H3/b36-21+,37-25+,38-24+,39-29+,40-28+. The summed E-state index contributed by atoms with van der Waals surface area (Å²) in [5.41, 5.74) is 9.77. The molecule has 1 atom stereocenters. The molecular formula is C47H77O8P. The second-order valence-electron chi connectivity index (χ2n) is 15.6. The Kier molecular flexibility index (Phi) is 24.4. The summed E-state index contributed by atoms with van der Waals surface area (Å²) in [4.78, 5) is 0. The number of hydrogen-bond donors (Lipinski definition) is 0. The van der Waals surface area contributed by atoms with Gasteiger partial charge in [0.15, 0.2) is 11.5 Å². The van der Waals surface area contributed by atoms with E-state index in [0.29, 0.717) is 29.4 Å². The summed E-state index contributed by atoms with van der Waals surface area (Å²) in [5.74, 6) is 2.46. The Labute approximate surface area is 342 Å². The van der Waals surface area contributed by atoms with Crippen LogP contribution in [-0.2, 0) is 24.6 Å². The number of phosphoric ester groups is 1. The molecular weight excluding hydrogens is 723 g/mol. The van der Waals surface area contributed by atoms with Crippen LogP contribution in [-0.4, -0.2) is 46.8 Å². The van der Waals surface area contributed by atoms with E-state index in [1.54, 1.807) is 28.4 Å². The van der Waals surface area contributed by atoms with Crippen LogP contribution in [0.15, 0.2) is 70.4 Å². The van der Waals surface area contributed by atoms with Gasteiger partial charge in [-0.15, -0.1) is 0 Å². The zero-order chi connectivity index (χ0) is 42.4. The Morgan fingerprint density at radius 3 is 1.27 bits per heavy atom. The van der Waals surface area contributed by atoms with Crippen molar-refractivity contribution in [2.24, 2.45) is 0 Å². The normalized spacial score (nSPS) is 14.1. The number of allylic oxidation sites excluding steroid dienone is 10. The van der Waals surface area contributed by atoms with Crippen molar-refractivity contribution in [2.45, 2.75) is 165 Å². The summed E-state index contributed by atoms with van der Waals surface area (Å²) in [7, 11) is 2.84. The lowest BCUT2D eigenvalue weighted by molar-refractivity contribution is 0.0537. The highest BCUT2D eigenvalue weighted by Gasteiger charge is 2.33. The predicted octanol–water partition coefficient (Wildman–Crippen LogP) is 14.1. The second kappa shape index (κ2) is 26.8. The fourth-order valence-electron chi connectivity index (χ4n) is 6.37. The Hall–Kier alpha value is -3.03. The van der Waals surface area contributed by atoms with Crippen LogP contribution < -0.4 is 18.9 Å². The molecule has 1 aromatic carbocycles. The summed E-state index contributed by atoms with van der Waals surface area (Å²) in [6, 6.07) is 0. The van der Waals surface area contributed by atoms with Crippen molar-refractivity contribution in [3.8, 4) is 23.0 Å². The monoisotopic (exact) mass is 801 g/mol. The van der Waals surface area contributed by atoms with Gasteiger partial charge in [0.2, 0.25) is 11.5 Å². The minimum atomic E-state index is -3.70. The smallest absolute Gasteiger partial charge is 0.475 e. The van der Waals surface area contributed by atoms with Gasteiger partial charge in [-0.3, -0.25) is 13.6 Å². The van der Waals surface area contributed by atoms with E-state index in [-0.39, 0.29) is 12.2 Å². The van der Waals surface area contributed by atoms with Crippen LogP contribution in [0.2, 0.25) is 0 Å². The lowest BCUT2D eigenvalue weighted by Gasteiger charge is -2.27. The minimum Gasteiger partial charge on any atom is -0.492 e. The van der Waals surface area contributed by atoms with Crippen molar-refractivity contribution in [1.29, 1.82) is 0 Å². The molecule has 0 spiro atoms. The third-order valence-electron chi connectivity index (χ3n) is 9.57. The maximum atomic E-state index is 13.3. The summed E-state index contributed by atoms with van der Waals surface area (Å²) in [6.07, 6.45) is 21.4. The molecule has 318 valence electrons. The molecule has 0 aliphatic rings. The van der Waals surface area contributed by atoms with E-state index in [1.165, 1.54) is 27.9 Å². The number of ether oxygens (including phenoxy) is 4. The van der Waals surface area contributed by atoms with Crippen molar-refractivity contribution in [3.63, 3.8) is 0 Å². The van der Waals surface area contributed by atoms with E-state index in [2.05, 4.69) is 71.6 Å². The molecule has 56 heavy (non-hydrogen) atoms. The van der Waals surface area contributed by atoms with Crippen molar-refractivity contribution >= 4 is 7.82 Å². The van der Waals surface area contributed by atoms with E-state index in [1.807, 2.05) is 41.5 Å². The zero-order valence-corrected chi connectivity index (χ0v) is 38.7. The maximum absolute atomic E-state index is 13.3. The molecule has 0 N–H and O–H groups in total. The molecule has 0 radical (unpaired) electrons. The topological polar surface area (TPSA) is 81.7 Å². The molecule has 0 aromatic heterocycles. The highest BCUT2D eigenvalue weighted by atomic mass is 31.2. The van der Waals surface area contributed by atoms with Gasteiger partial charge in [0.1, 0.15) is 0 Å². The lowest BCUT2D eigenvalue weighted by atomic mass is 9.99. The van der Waals surface area contributed by atoms with Crippen LogP contribution in [0, 0.1) is 6.92 Å². The Morgan fingerprint density at radius 2 is 0.911 bits per heavy atom. The fraction of sp³-hybridized carbons (Fsp3) is 0.617. The van der Waals surface area contributed by atoms with Crippen LogP contribution in [0.5, 0.6) is 23.0 Å². The van der Waals surface area contributed by atoms with Gasteiger partial charge < -0.3 is 18.9 Å². The van der Waals surface area contributed by atoms with Crippen LogP contribution in [0.1, 0.15) is 145 Å². The van der Waals surface area contributed by atoms with Gasteiger partial charge in [-0.25, -0.2) is 4.57 Å². The lowest BCUT2D eigenvalue weighted by Crippen LogP contribution is -2.18. The third-order valence-corrected chi connectivity index (χ3v) is 11.4. The molecule has 0 aliphatic carbocycles. The molecule has 0 saturated heterocycles.